The predicted octanol–water partition coefficient (Wildman–Crippen LogP) is 4.48. The molecular weight excluding hydrogens is 232 g/mol. The molecule has 0 saturated heterocycles. The fourth-order valence-electron chi connectivity index (χ4n) is 2.55. The van der Waals surface area contributed by atoms with Gasteiger partial charge in [-0.3, -0.25) is 0 Å². The molecule has 0 saturated carbocycles. The Morgan fingerprint density at radius 2 is 1.79 bits per heavy atom. The highest BCUT2D eigenvalue weighted by Gasteiger charge is 2.20. The van der Waals surface area contributed by atoms with Crippen molar-refractivity contribution in [2.24, 2.45) is 0 Å². The van der Waals surface area contributed by atoms with Gasteiger partial charge in [0.2, 0.25) is 0 Å². The second kappa shape index (κ2) is 5.31. The molecule has 0 N–H and O–H groups in total. The zero-order valence-corrected chi connectivity index (χ0v) is 11.2. The molecule has 1 unspecified atom stereocenters. The van der Waals surface area contributed by atoms with E-state index >= 15 is 0 Å². The van der Waals surface area contributed by atoms with Crippen molar-refractivity contribution in [3.05, 3.63) is 71.3 Å². The van der Waals surface area contributed by atoms with E-state index in [4.69, 9.17) is 4.74 Å². The highest BCUT2D eigenvalue weighted by Crippen LogP contribution is 2.30. The highest BCUT2D eigenvalue weighted by molar-refractivity contribution is 5.53. The number of para-hydroxylation sites is 1. The van der Waals surface area contributed by atoms with Gasteiger partial charge >= 0.3 is 0 Å². The summed E-state index contributed by atoms with van der Waals surface area (Å²) in [6.45, 7) is 2.16. The zero-order chi connectivity index (χ0) is 13.1. The summed E-state index contributed by atoms with van der Waals surface area (Å²) in [7, 11) is 0. The van der Waals surface area contributed by atoms with E-state index in [1.165, 1.54) is 16.7 Å². The van der Waals surface area contributed by atoms with E-state index in [1.807, 2.05) is 12.1 Å². The van der Waals surface area contributed by atoms with E-state index in [1.54, 1.807) is 0 Å². The Morgan fingerprint density at radius 3 is 2.63 bits per heavy atom. The van der Waals surface area contributed by atoms with Crippen molar-refractivity contribution in [2.45, 2.75) is 25.9 Å². The third kappa shape index (κ3) is 2.70. The van der Waals surface area contributed by atoms with Crippen LogP contribution in [0.4, 0.5) is 0 Å². The Morgan fingerprint density at radius 1 is 1.05 bits per heavy atom. The molecule has 96 valence electrons. The summed E-state index contributed by atoms with van der Waals surface area (Å²) in [6, 6.07) is 18.8. The van der Waals surface area contributed by atoms with Crippen LogP contribution >= 0.6 is 0 Å². The smallest absolute Gasteiger partial charge is 0.123 e. The first-order valence-electron chi connectivity index (χ1n) is 6.81. The molecule has 1 nitrogen and oxygen atoms in total. The lowest BCUT2D eigenvalue weighted by molar-refractivity contribution is 0.208. The molecular formula is C18H18O. The van der Waals surface area contributed by atoms with Gasteiger partial charge in [0, 0.05) is 0 Å². The van der Waals surface area contributed by atoms with Gasteiger partial charge in [0.05, 0.1) is 0 Å². The van der Waals surface area contributed by atoms with Crippen molar-refractivity contribution >= 4 is 6.08 Å². The summed E-state index contributed by atoms with van der Waals surface area (Å²) in [5, 5.41) is 0. The van der Waals surface area contributed by atoms with Crippen molar-refractivity contribution in [3.63, 3.8) is 0 Å². The molecule has 0 bridgehead atoms. The van der Waals surface area contributed by atoms with Crippen LogP contribution in [-0.4, -0.2) is 6.10 Å². The molecule has 1 aliphatic rings. The first kappa shape index (κ1) is 12.0. The van der Waals surface area contributed by atoms with Crippen LogP contribution in [-0.2, 0) is 6.42 Å². The van der Waals surface area contributed by atoms with Crippen LogP contribution in [0, 0.1) is 0 Å². The Bertz CT molecular complexity index is 584. The van der Waals surface area contributed by atoms with Crippen molar-refractivity contribution < 1.29 is 4.74 Å². The van der Waals surface area contributed by atoms with E-state index in [0.717, 1.165) is 18.6 Å². The number of benzene rings is 2. The molecule has 2 aromatic rings. The maximum Gasteiger partial charge on any atom is 0.123 e. The minimum atomic E-state index is 0.204. The zero-order valence-electron chi connectivity index (χ0n) is 11.2. The first-order chi connectivity index (χ1) is 9.33. The predicted molar refractivity (Wildman–Crippen MR) is 79.3 cm³/mol. The number of hydrogen-bond acceptors (Lipinski definition) is 1. The molecule has 1 atom stereocenters. The van der Waals surface area contributed by atoms with Crippen molar-refractivity contribution in [1.29, 1.82) is 0 Å². The molecule has 1 heteroatoms. The largest absolute Gasteiger partial charge is 0.486 e. The fraction of sp³-hybridized carbons (Fsp3) is 0.222. The lowest BCUT2D eigenvalue weighted by Gasteiger charge is -2.26. The van der Waals surface area contributed by atoms with Crippen LogP contribution in [0.5, 0.6) is 5.75 Å². The van der Waals surface area contributed by atoms with Crippen LogP contribution in [0.1, 0.15) is 24.5 Å². The van der Waals surface area contributed by atoms with Crippen LogP contribution in [0.2, 0.25) is 0 Å². The molecule has 3 rings (SSSR count). The van der Waals surface area contributed by atoms with Gasteiger partial charge in [-0.25, -0.2) is 0 Å². The van der Waals surface area contributed by atoms with E-state index in [9.17, 15) is 0 Å². The lowest BCUT2D eigenvalue weighted by Crippen LogP contribution is -2.23. The van der Waals surface area contributed by atoms with Crippen LogP contribution in [0.25, 0.3) is 6.08 Å². The van der Waals surface area contributed by atoms with E-state index in [-0.39, 0.29) is 6.10 Å². The van der Waals surface area contributed by atoms with Gasteiger partial charge in [-0.05, 0) is 42.5 Å². The normalized spacial score (nSPS) is 18.6. The fourth-order valence-corrected chi connectivity index (χ4v) is 2.55. The summed E-state index contributed by atoms with van der Waals surface area (Å²) in [5.74, 6) is 1.04. The maximum absolute atomic E-state index is 6.10. The molecule has 0 aliphatic carbocycles. The van der Waals surface area contributed by atoms with Crippen molar-refractivity contribution in [2.75, 3.05) is 0 Å². The maximum atomic E-state index is 6.10. The molecule has 0 radical (unpaired) electrons. The van der Waals surface area contributed by atoms with Crippen LogP contribution < -0.4 is 4.74 Å². The van der Waals surface area contributed by atoms with Gasteiger partial charge in [-0.15, -0.1) is 0 Å². The molecule has 0 aromatic heterocycles. The third-order valence-corrected chi connectivity index (χ3v) is 3.62. The van der Waals surface area contributed by atoms with E-state index in [0.29, 0.717) is 0 Å². The average Bonchev–Trinajstić information content (AvgIpc) is 2.48. The Labute approximate surface area is 114 Å². The Hall–Kier alpha value is -2.02. The minimum Gasteiger partial charge on any atom is -0.486 e. The first-order valence-corrected chi connectivity index (χ1v) is 6.81. The Balaban J connectivity index is 1.80. The van der Waals surface area contributed by atoms with Gasteiger partial charge in [0.1, 0.15) is 11.9 Å². The Kier molecular flexibility index (Phi) is 3.37. The topological polar surface area (TPSA) is 9.23 Å². The molecule has 0 fully saturated rings. The SMILES string of the molecule is C/C(=C/c1ccccc1)C1CCc2ccccc2O1. The number of ether oxygens (including phenoxy) is 1. The van der Waals surface area contributed by atoms with Crippen molar-refractivity contribution in [3.8, 4) is 5.75 Å². The van der Waals surface area contributed by atoms with Crippen molar-refractivity contribution in [1.82, 2.24) is 0 Å². The molecule has 2 aromatic carbocycles. The minimum absolute atomic E-state index is 0.204. The van der Waals surface area contributed by atoms with Crippen LogP contribution in [0.3, 0.4) is 0 Å². The van der Waals surface area contributed by atoms with Gasteiger partial charge in [0.15, 0.2) is 0 Å². The molecule has 0 amide bonds. The second-order valence-electron chi connectivity index (χ2n) is 5.05. The highest BCUT2D eigenvalue weighted by atomic mass is 16.5. The van der Waals surface area contributed by atoms with Gasteiger partial charge in [-0.2, -0.15) is 0 Å². The van der Waals surface area contributed by atoms with E-state index in [2.05, 4.69) is 55.5 Å². The standard InChI is InChI=1S/C18H18O/c1-14(13-15-7-3-2-4-8-15)17-12-11-16-9-5-6-10-18(16)19-17/h2-10,13,17H,11-12H2,1H3/b14-13-. The summed E-state index contributed by atoms with van der Waals surface area (Å²) < 4.78 is 6.10. The van der Waals surface area contributed by atoms with Gasteiger partial charge < -0.3 is 4.74 Å². The average molecular weight is 250 g/mol. The molecule has 1 heterocycles. The number of hydrogen-bond donors (Lipinski definition) is 0. The van der Waals surface area contributed by atoms with Crippen LogP contribution in [0.15, 0.2) is 60.2 Å². The quantitative estimate of drug-likeness (QED) is 0.763. The van der Waals surface area contributed by atoms with Gasteiger partial charge in [0.25, 0.3) is 0 Å². The summed E-state index contributed by atoms with van der Waals surface area (Å²) in [6.07, 6.45) is 4.58. The summed E-state index contributed by atoms with van der Waals surface area (Å²) in [5.41, 5.74) is 3.86. The lowest BCUT2D eigenvalue weighted by atomic mass is 9.97. The molecule has 0 spiro atoms. The number of fused-ring (bicyclic) bond motifs is 1. The number of aryl methyl sites for hydroxylation is 1. The third-order valence-electron chi connectivity index (χ3n) is 3.62. The molecule has 19 heavy (non-hydrogen) atoms. The summed E-state index contributed by atoms with van der Waals surface area (Å²) >= 11 is 0. The molecule has 1 aliphatic heterocycles. The summed E-state index contributed by atoms with van der Waals surface area (Å²) in [4.78, 5) is 0. The monoisotopic (exact) mass is 250 g/mol. The number of rotatable bonds is 2. The van der Waals surface area contributed by atoms with Gasteiger partial charge in [-0.1, -0.05) is 54.6 Å². The second-order valence-corrected chi connectivity index (χ2v) is 5.05. The van der Waals surface area contributed by atoms with E-state index < -0.39 is 0 Å².